The first-order valence-electron chi connectivity index (χ1n) is 7.30. The number of methoxy groups -OCH3 is 1. The van der Waals surface area contributed by atoms with Crippen LogP contribution < -0.4 is 11.3 Å². The van der Waals surface area contributed by atoms with Crippen molar-refractivity contribution in [2.45, 2.75) is 39.3 Å². The lowest BCUT2D eigenvalue weighted by Gasteiger charge is -2.30. The van der Waals surface area contributed by atoms with Crippen molar-refractivity contribution in [2.75, 3.05) is 26.8 Å². The molecule has 1 aromatic heterocycles. The molecular formula is C13H26N6O2. The molecule has 0 unspecified atom stereocenters. The monoisotopic (exact) mass is 298 g/mol. The van der Waals surface area contributed by atoms with E-state index in [1.807, 2.05) is 5.43 Å². The fourth-order valence-electron chi connectivity index (χ4n) is 2.31. The Morgan fingerprint density at radius 3 is 2.76 bits per heavy atom. The van der Waals surface area contributed by atoms with E-state index in [0.717, 1.165) is 25.9 Å². The summed E-state index contributed by atoms with van der Waals surface area (Å²) >= 11 is 0. The zero-order valence-electron chi connectivity index (χ0n) is 13.1. The fourth-order valence-corrected chi connectivity index (χ4v) is 2.31. The number of carbonyl (C=O) groups is 1. The van der Waals surface area contributed by atoms with Gasteiger partial charge in [0.05, 0.1) is 19.3 Å². The van der Waals surface area contributed by atoms with Crippen LogP contribution in [0.25, 0.3) is 0 Å². The van der Waals surface area contributed by atoms with Gasteiger partial charge in [0, 0.05) is 26.2 Å². The molecule has 8 heteroatoms. The second-order valence-corrected chi connectivity index (χ2v) is 4.84. The molecule has 1 amide bonds. The third-order valence-electron chi connectivity index (χ3n) is 3.56. The van der Waals surface area contributed by atoms with Crippen molar-refractivity contribution in [2.24, 2.45) is 5.84 Å². The van der Waals surface area contributed by atoms with Gasteiger partial charge in [0.15, 0.2) is 5.69 Å². The molecule has 0 spiro atoms. The number of hydrogen-bond acceptors (Lipinski definition) is 6. The minimum Gasteiger partial charge on any atom is -0.383 e. The van der Waals surface area contributed by atoms with Crippen LogP contribution >= 0.6 is 0 Å². The predicted octanol–water partition coefficient (Wildman–Crippen LogP) is 0.0186. The van der Waals surface area contributed by atoms with Crippen LogP contribution in [0.3, 0.4) is 0 Å². The number of aromatic nitrogens is 3. The summed E-state index contributed by atoms with van der Waals surface area (Å²) in [6.45, 7) is 7.47. The highest BCUT2D eigenvalue weighted by Gasteiger charge is 2.15. The number of hydrogen-bond donors (Lipinski definition) is 2. The van der Waals surface area contributed by atoms with Gasteiger partial charge in [-0.25, -0.2) is 5.84 Å². The number of hydrazine groups is 1. The largest absolute Gasteiger partial charge is 0.383 e. The van der Waals surface area contributed by atoms with Gasteiger partial charge in [-0.2, -0.15) is 0 Å². The lowest BCUT2D eigenvalue weighted by molar-refractivity contribution is 0.0948. The van der Waals surface area contributed by atoms with Crippen molar-refractivity contribution in [1.29, 1.82) is 0 Å². The van der Waals surface area contributed by atoms with Crippen LogP contribution in [0.15, 0.2) is 6.20 Å². The van der Waals surface area contributed by atoms with Crippen molar-refractivity contribution in [3.05, 3.63) is 11.9 Å². The minimum atomic E-state index is -0.433. The van der Waals surface area contributed by atoms with Crippen LogP contribution in [0, 0.1) is 0 Å². The molecule has 21 heavy (non-hydrogen) atoms. The van der Waals surface area contributed by atoms with Gasteiger partial charge in [-0.05, 0) is 12.8 Å². The zero-order chi connectivity index (χ0) is 15.7. The SMILES string of the molecule is CCC(CC)N(CCOC)CCn1cc(C(=O)NN)nn1. The Labute approximate surface area is 125 Å². The number of carbonyl (C=O) groups excluding carboxylic acids is 1. The summed E-state index contributed by atoms with van der Waals surface area (Å²) in [6, 6.07) is 0.524. The molecule has 0 fully saturated rings. The van der Waals surface area contributed by atoms with E-state index in [1.165, 1.54) is 0 Å². The third kappa shape index (κ3) is 5.41. The first kappa shape index (κ1) is 17.5. The molecule has 120 valence electrons. The molecule has 0 saturated carbocycles. The Kier molecular flexibility index (Phi) is 7.88. The minimum absolute atomic E-state index is 0.225. The molecule has 0 radical (unpaired) electrons. The quantitative estimate of drug-likeness (QED) is 0.359. The van der Waals surface area contributed by atoms with Crippen LogP contribution in [0.4, 0.5) is 0 Å². The number of nitrogens with zero attached hydrogens (tertiary/aromatic N) is 4. The van der Waals surface area contributed by atoms with Crippen LogP contribution in [0.1, 0.15) is 37.2 Å². The summed E-state index contributed by atoms with van der Waals surface area (Å²) in [6.07, 6.45) is 3.79. The second kappa shape index (κ2) is 9.43. The topological polar surface area (TPSA) is 98.3 Å². The van der Waals surface area contributed by atoms with Crippen molar-refractivity contribution >= 4 is 5.91 Å². The maximum atomic E-state index is 11.3. The maximum absolute atomic E-state index is 11.3. The zero-order valence-corrected chi connectivity index (χ0v) is 13.1. The van der Waals surface area contributed by atoms with E-state index in [-0.39, 0.29) is 5.69 Å². The second-order valence-electron chi connectivity index (χ2n) is 4.84. The number of ether oxygens (including phenoxy) is 1. The molecule has 0 bridgehead atoms. The van der Waals surface area contributed by atoms with E-state index in [0.29, 0.717) is 19.2 Å². The van der Waals surface area contributed by atoms with Crippen molar-refractivity contribution in [3.8, 4) is 0 Å². The molecule has 0 aliphatic rings. The summed E-state index contributed by atoms with van der Waals surface area (Å²) in [5, 5.41) is 7.73. The Morgan fingerprint density at radius 2 is 2.19 bits per heavy atom. The molecule has 1 rings (SSSR count). The average molecular weight is 298 g/mol. The van der Waals surface area contributed by atoms with Gasteiger partial charge in [0.25, 0.3) is 5.91 Å². The molecular weight excluding hydrogens is 272 g/mol. The fraction of sp³-hybridized carbons (Fsp3) is 0.769. The maximum Gasteiger partial charge on any atom is 0.287 e. The Morgan fingerprint density at radius 1 is 1.48 bits per heavy atom. The normalized spacial score (nSPS) is 11.3. The molecule has 0 aliphatic carbocycles. The Bertz CT molecular complexity index is 419. The summed E-state index contributed by atoms with van der Waals surface area (Å²) in [7, 11) is 1.71. The van der Waals surface area contributed by atoms with Gasteiger partial charge >= 0.3 is 0 Å². The van der Waals surface area contributed by atoms with E-state index in [4.69, 9.17) is 10.6 Å². The van der Waals surface area contributed by atoms with E-state index >= 15 is 0 Å². The van der Waals surface area contributed by atoms with Gasteiger partial charge < -0.3 is 4.74 Å². The molecule has 1 heterocycles. The average Bonchev–Trinajstić information content (AvgIpc) is 2.98. The highest BCUT2D eigenvalue weighted by atomic mass is 16.5. The lowest BCUT2D eigenvalue weighted by Crippen LogP contribution is -2.39. The Balaban J connectivity index is 2.58. The number of amides is 1. The van der Waals surface area contributed by atoms with Crippen molar-refractivity contribution < 1.29 is 9.53 Å². The number of nitrogens with one attached hydrogen (secondary N) is 1. The van der Waals surface area contributed by atoms with Gasteiger partial charge in [-0.1, -0.05) is 19.1 Å². The highest BCUT2D eigenvalue weighted by molar-refractivity contribution is 5.91. The summed E-state index contributed by atoms with van der Waals surface area (Å²) in [4.78, 5) is 13.7. The number of nitrogen functional groups attached to an aromatic ring is 1. The number of nitrogens with two attached hydrogens (primary N) is 1. The van der Waals surface area contributed by atoms with E-state index in [2.05, 4.69) is 29.1 Å². The van der Waals surface area contributed by atoms with E-state index in [1.54, 1.807) is 18.0 Å². The number of rotatable bonds is 10. The van der Waals surface area contributed by atoms with Gasteiger partial charge in [0.1, 0.15) is 0 Å². The van der Waals surface area contributed by atoms with Crippen LogP contribution in [0.5, 0.6) is 0 Å². The van der Waals surface area contributed by atoms with Crippen molar-refractivity contribution in [1.82, 2.24) is 25.3 Å². The van der Waals surface area contributed by atoms with Gasteiger partial charge in [0.2, 0.25) is 0 Å². The molecule has 0 aliphatic heterocycles. The van der Waals surface area contributed by atoms with Gasteiger partial charge in [-0.15, -0.1) is 5.10 Å². The predicted molar refractivity (Wildman–Crippen MR) is 79.5 cm³/mol. The molecule has 1 aromatic rings. The summed E-state index contributed by atoms with van der Waals surface area (Å²) in [5.74, 6) is 4.63. The van der Waals surface area contributed by atoms with E-state index < -0.39 is 5.91 Å². The van der Waals surface area contributed by atoms with Crippen LogP contribution in [-0.2, 0) is 11.3 Å². The van der Waals surface area contributed by atoms with Gasteiger partial charge in [-0.3, -0.25) is 19.8 Å². The van der Waals surface area contributed by atoms with Crippen molar-refractivity contribution in [3.63, 3.8) is 0 Å². The summed E-state index contributed by atoms with van der Waals surface area (Å²) < 4.78 is 6.83. The lowest BCUT2D eigenvalue weighted by atomic mass is 10.1. The molecule has 8 nitrogen and oxygen atoms in total. The smallest absolute Gasteiger partial charge is 0.287 e. The first-order chi connectivity index (χ1) is 10.2. The highest BCUT2D eigenvalue weighted by Crippen LogP contribution is 2.08. The molecule has 0 saturated heterocycles. The summed E-state index contributed by atoms with van der Waals surface area (Å²) in [5.41, 5.74) is 2.27. The van der Waals surface area contributed by atoms with E-state index in [9.17, 15) is 4.79 Å². The standard InChI is InChI=1S/C13H26N6O2/c1-4-11(5-2)18(8-9-21-3)6-7-19-10-12(16-17-19)13(20)15-14/h10-11H,4-9,14H2,1-3H3,(H,15,20). The first-order valence-corrected chi connectivity index (χ1v) is 7.30. The van der Waals surface area contributed by atoms with Crippen LogP contribution in [-0.4, -0.2) is 58.6 Å². The third-order valence-corrected chi connectivity index (χ3v) is 3.56. The molecule has 3 N–H and O–H groups in total. The molecule has 0 aromatic carbocycles. The Hall–Kier alpha value is -1.51. The molecule has 0 atom stereocenters. The van der Waals surface area contributed by atoms with Crippen LogP contribution in [0.2, 0.25) is 0 Å².